The average Bonchev–Trinajstić information content (AvgIpc) is 2.56. The largest absolute Gasteiger partial charge is 0.449 e. The van der Waals surface area contributed by atoms with Crippen LogP contribution in [0, 0.1) is 0 Å². The van der Waals surface area contributed by atoms with Crippen LogP contribution in [-0.2, 0) is 0 Å². The Labute approximate surface area is 103 Å². The predicted molar refractivity (Wildman–Crippen MR) is 69.2 cm³/mol. The van der Waals surface area contributed by atoms with E-state index in [2.05, 4.69) is 29.7 Å². The van der Waals surface area contributed by atoms with Gasteiger partial charge in [0, 0.05) is 12.5 Å². The molecule has 2 rings (SSSR count). The smallest absolute Gasteiger partial charge is 0.0854 e. The van der Waals surface area contributed by atoms with Gasteiger partial charge in [0.05, 0.1) is 12.6 Å². The number of hydrogen-bond donors (Lipinski definition) is 3. The van der Waals surface area contributed by atoms with Gasteiger partial charge in [0.2, 0.25) is 0 Å². The molecule has 1 aliphatic rings. The van der Waals surface area contributed by atoms with Crippen LogP contribution in [0.25, 0.3) is 5.84 Å². The lowest BCUT2D eigenvalue weighted by Gasteiger charge is -2.30. The quantitative estimate of drug-likeness (QED) is 0.718. The summed E-state index contributed by atoms with van der Waals surface area (Å²) >= 11 is 0. The van der Waals surface area contributed by atoms with Gasteiger partial charge in [-0.05, 0) is 24.8 Å². The van der Waals surface area contributed by atoms with E-state index in [9.17, 15) is 0 Å². The third-order valence-corrected chi connectivity index (χ3v) is 3.52. The van der Waals surface area contributed by atoms with Crippen molar-refractivity contribution in [3.8, 4) is 0 Å². The summed E-state index contributed by atoms with van der Waals surface area (Å²) in [6.07, 6.45) is 3.41. The van der Waals surface area contributed by atoms with Crippen LogP contribution in [0.2, 0.25) is 0 Å². The Balaban J connectivity index is 2.11. The van der Waals surface area contributed by atoms with Gasteiger partial charge < -0.3 is 16.7 Å². The van der Waals surface area contributed by atoms with Gasteiger partial charge in [0.15, 0.2) is 0 Å². The second kappa shape index (κ2) is 6.12. The summed E-state index contributed by atoms with van der Waals surface area (Å²) in [4.78, 5) is 0. The van der Waals surface area contributed by atoms with E-state index in [0.29, 0.717) is 23.6 Å². The molecule has 3 atom stereocenters. The summed E-state index contributed by atoms with van der Waals surface area (Å²) < 4.78 is 0. The van der Waals surface area contributed by atoms with E-state index in [4.69, 9.17) is 11.6 Å². The Kier molecular flexibility index (Phi) is 4.50. The van der Waals surface area contributed by atoms with E-state index in [-0.39, 0.29) is 0 Å². The summed E-state index contributed by atoms with van der Waals surface area (Å²) in [7, 11) is 0. The third kappa shape index (κ3) is 3.26. The van der Waals surface area contributed by atoms with Crippen molar-refractivity contribution in [2.45, 2.75) is 31.2 Å². The van der Waals surface area contributed by atoms with Crippen LogP contribution in [0.1, 0.15) is 30.7 Å². The molecule has 1 heterocycles. The Morgan fingerprint density at radius 3 is 2.82 bits per heavy atom. The summed E-state index contributed by atoms with van der Waals surface area (Å²) in [6, 6.07) is 10.7. The fourth-order valence-corrected chi connectivity index (χ4v) is 2.57. The van der Waals surface area contributed by atoms with Gasteiger partial charge in [-0.15, -0.1) is 0 Å². The van der Waals surface area contributed by atoms with Gasteiger partial charge in [0.25, 0.3) is 0 Å². The second-order valence-corrected chi connectivity index (χ2v) is 4.73. The zero-order chi connectivity index (χ0) is 12.1. The van der Waals surface area contributed by atoms with Crippen molar-refractivity contribution in [3.05, 3.63) is 41.7 Å². The molecule has 5 N–H and O–H groups in total. The zero-order valence-corrected chi connectivity index (χ0v) is 10.2. The fraction of sp³-hybridized carbons (Fsp3) is 0.538. The molecule has 1 aromatic rings. The van der Waals surface area contributed by atoms with Crippen LogP contribution >= 0.6 is 0 Å². The second-order valence-electron chi connectivity index (χ2n) is 4.73. The number of quaternary nitrogens is 1. The highest BCUT2D eigenvalue weighted by atomic mass is 15.7. The zero-order valence-electron chi connectivity index (χ0n) is 10.2. The van der Waals surface area contributed by atoms with Crippen molar-refractivity contribution in [2.75, 3.05) is 13.1 Å². The van der Waals surface area contributed by atoms with Crippen LogP contribution in [0.15, 0.2) is 30.3 Å². The third-order valence-electron chi connectivity index (χ3n) is 3.52. The molecule has 0 spiro atoms. The first-order valence-electron chi connectivity index (χ1n) is 6.40. The Hall–Kier alpha value is -0.940. The highest BCUT2D eigenvalue weighted by Crippen LogP contribution is 2.22. The van der Waals surface area contributed by atoms with E-state index in [0.717, 1.165) is 19.4 Å². The van der Waals surface area contributed by atoms with Crippen molar-refractivity contribution in [1.82, 2.24) is 5.43 Å². The van der Waals surface area contributed by atoms with E-state index in [1.807, 2.05) is 6.07 Å². The molecule has 1 fully saturated rings. The molecule has 3 unspecified atom stereocenters. The van der Waals surface area contributed by atoms with Crippen LogP contribution in [0.5, 0.6) is 0 Å². The van der Waals surface area contributed by atoms with Gasteiger partial charge in [-0.1, -0.05) is 30.3 Å². The van der Waals surface area contributed by atoms with Crippen LogP contribution in [0.4, 0.5) is 0 Å². The fourth-order valence-electron chi connectivity index (χ4n) is 2.57. The van der Waals surface area contributed by atoms with Crippen LogP contribution in [0.3, 0.4) is 0 Å². The van der Waals surface area contributed by atoms with Gasteiger partial charge in [0.1, 0.15) is 0 Å². The molecule has 4 nitrogen and oxygen atoms in total. The normalized spacial score (nSPS) is 27.4. The maximum atomic E-state index is 7.84. The molecule has 17 heavy (non-hydrogen) atoms. The maximum Gasteiger partial charge on any atom is 0.0854 e. The standard InChI is InChI=1S/C13H22N4/c14-10-12(11-6-2-1-3-7-11)13-8-4-5-9-17(15)16-13/h1-3,6-7,12-13,15-17H,4-5,8-10,14H2. The van der Waals surface area contributed by atoms with Crippen molar-refractivity contribution < 1.29 is 5.12 Å². The number of hydrogen-bond acceptors (Lipinski definition) is 2. The van der Waals surface area contributed by atoms with Crippen molar-refractivity contribution in [3.63, 3.8) is 0 Å². The molecule has 0 bridgehead atoms. The Morgan fingerprint density at radius 1 is 1.35 bits per heavy atom. The molecule has 0 radical (unpaired) electrons. The van der Waals surface area contributed by atoms with Gasteiger partial charge in [-0.3, -0.25) is 0 Å². The number of benzene rings is 1. The Morgan fingerprint density at radius 2 is 2.12 bits per heavy atom. The minimum atomic E-state index is 0.314. The van der Waals surface area contributed by atoms with E-state index in [1.165, 1.54) is 12.0 Å². The lowest BCUT2D eigenvalue weighted by molar-refractivity contribution is -0.898. The van der Waals surface area contributed by atoms with Gasteiger partial charge in [-0.2, -0.15) is 5.43 Å². The van der Waals surface area contributed by atoms with E-state index in [1.54, 1.807) is 0 Å². The van der Waals surface area contributed by atoms with E-state index >= 15 is 0 Å². The van der Waals surface area contributed by atoms with Gasteiger partial charge in [-0.25, -0.2) is 0 Å². The summed E-state index contributed by atoms with van der Waals surface area (Å²) in [5.41, 5.74) is 10.5. The van der Waals surface area contributed by atoms with Crippen molar-refractivity contribution >= 4 is 0 Å². The molecule has 0 aromatic heterocycles. The SMILES string of the molecule is [NH-][NH+]1CCCCC(C(CN)c2ccccc2)N1. The molecule has 0 aliphatic carbocycles. The van der Waals surface area contributed by atoms with E-state index < -0.39 is 0 Å². The molecular formula is C13H22N4. The lowest BCUT2D eigenvalue weighted by Crippen LogP contribution is -3.13. The van der Waals surface area contributed by atoms with Gasteiger partial charge >= 0.3 is 0 Å². The summed E-state index contributed by atoms with van der Waals surface area (Å²) in [5, 5.41) is 0.668. The minimum Gasteiger partial charge on any atom is -0.449 e. The monoisotopic (exact) mass is 234 g/mol. The van der Waals surface area contributed by atoms with Crippen LogP contribution in [-0.4, -0.2) is 19.1 Å². The Bertz CT molecular complexity index is 327. The molecule has 1 aromatic carbocycles. The summed E-state index contributed by atoms with van der Waals surface area (Å²) in [5.74, 6) is 8.15. The first-order chi connectivity index (χ1) is 8.31. The number of nitrogens with one attached hydrogen (secondary N) is 3. The first kappa shape index (κ1) is 12.5. The average molecular weight is 234 g/mol. The minimum absolute atomic E-state index is 0.314. The van der Waals surface area contributed by atoms with Crippen molar-refractivity contribution in [1.29, 1.82) is 0 Å². The maximum absolute atomic E-state index is 7.84. The summed E-state index contributed by atoms with van der Waals surface area (Å²) in [6.45, 7) is 1.51. The molecule has 1 aliphatic heterocycles. The molecule has 1 saturated heterocycles. The first-order valence-corrected chi connectivity index (χ1v) is 6.40. The topological polar surface area (TPSA) is 66.3 Å². The molecular weight excluding hydrogens is 212 g/mol. The predicted octanol–water partition coefficient (Wildman–Crippen LogP) is 0.638. The number of nitrogens with two attached hydrogens (primary N) is 1. The molecule has 0 saturated carbocycles. The number of rotatable bonds is 3. The van der Waals surface area contributed by atoms with Crippen molar-refractivity contribution in [2.24, 2.45) is 5.73 Å². The highest BCUT2D eigenvalue weighted by molar-refractivity contribution is 5.21. The molecule has 94 valence electrons. The molecule has 4 heteroatoms. The highest BCUT2D eigenvalue weighted by Gasteiger charge is 2.25. The molecule has 0 amide bonds. The van der Waals surface area contributed by atoms with Crippen LogP contribution < -0.4 is 16.3 Å². The lowest BCUT2D eigenvalue weighted by atomic mass is 9.89.